The molecule has 1 unspecified atom stereocenters. The van der Waals surface area contributed by atoms with E-state index in [0.717, 1.165) is 25.9 Å². The van der Waals surface area contributed by atoms with Crippen molar-refractivity contribution in [3.05, 3.63) is 65.7 Å². The first-order valence-corrected chi connectivity index (χ1v) is 7.41. The third kappa shape index (κ3) is 3.24. The van der Waals surface area contributed by atoms with E-state index in [1.54, 1.807) is 12.1 Å². The van der Waals surface area contributed by atoms with Crippen molar-refractivity contribution in [1.82, 2.24) is 4.90 Å². The molecule has 0 radical (unpaired) electrons. The summed E-state index contributed by atoms with van der Waals surface area (Å²) in [4.78, 5) is 14.4. The molecule has 2 N–H and O–H groups in total. The van der Waals surface area contributed by atoms with Crippen molar-refractivity contribution in [2.45, 2.75) is 12.8 Å². The van der Waals surface area contributed by atoms with Gasteiger partial charge in [-0.05, 0) is 42.5 Å². The standard InChI is InChI=1S/C18H20N2O/c19-17-8-4-7-16(12-17)18(21)20-10-9-15(13-20)11-14-5-2-1-3-6-14/h1-8,12,15H,9-11,13,19H2. The van der Waals surface area contributed by atoms with Gasteiger partial charge in [0.05, 0.1) is 0 Å². The zero-order valence-electron chi connectivity index (χ0n) is 12.0. The van der Waals surface area contributed by atoms with Crippen LogP contribution in [0.1, 0.15) is 22.3 Å². The first-order chi connectivity index (χ1) is 10.2. The van der Waals surface area contributed by atoms with Crippen molar-refractivity contribution in [2.24, 2.45) is 5.92 Å². The molecule has 3 rings (SSSR count). The van der Waals surface area contributed by atoms with Gasteiger partial charge in [-0.3, -0.25) is 4.79 Å². The first-order valence-electron chi connectivity index (χ1n) is 7.41. The zero-order chi connectivity index (χ0) is 14.7. The van der Waals surface area contributed by atoms with E-state index in [4.69, 9.17) is 5.73 Å². The fraction of sp³-hybridized carbons (Fsp3) is 0.278. The maximum absolute atomic E-state index is 12.5. The number of nitrogens with two attached hydrogens (primary N) is 1. The van der Waals surface area contributed by atoms with Crippen LogP contribution in [0.3, 0.4) is 0 Å². The van der Waals surface area contributed by atoms with E-state index in [0.29, 0.717) is 17.2 Å². The molecule has 1 aliphatic heterocycles. The molecule has 1 aliphatic rings. The summed E-state index contributed by atoms with van der Waals surface area (Å²) in [6.45, 7) is 1.67. The van der Waals surface area contributed by atoms with Gasteiger partial charge < -0.3 is 10.6 Å². The highest BCUT2D eigenvalue weighted by molar-refractivity contribution is 5.95. The topological polar surface area (TPSA) is 46.3 Å². The van der Waals surface area contributed by atoms with Gasteiger partial charge in [0.15, 0.2) is 0 Å². The van der Waals surface area contributed by atoms with Crippen LogP contribution in [-0.2, 0) is 6.42 Å². The normalized spacial score (nSPS) is 17.9. The van der Waals surface area contributed by atoms with Crippen LogP contribution in [0.2, 0.25) is 0 Å². The SMILES string of the molecule is Nc1cccc(C(=O)N2CCC(Cc3ccccc3)C2)c1. The Labute approximate surface area is 125 Å². The van der Waals surface area contributed by atoms with Crippen LogP contribution < -0.4 is 5.73 Å². The summed E-state index contributed by atoms with van der Waals surface area (Å²) in [5.74, 6) is 0.648. The number of hydrogen-bond donors (Lipinski definition) is 1. The van der Waals surface area contributed by atoms with Crippen molar-refractivity contribution >= 4 is 11.6 Å². The van der Waals surface area contributed by atoms with E-state index < -0.39 is 0 Å². The lowest BCUT2D eigenvalue weighted by Gasteiger charge is -2.17. The van der Waals surface area contributed by atoms with Crippen molar-refractivity contribution in [2.75, 3.05) is 18.8 Å². The van der Waals surface area contributed by atoms with E-state index in [-0.39, 0.29) is 5.91 Å². The number of benzene rings is 2. The minimum atomic E-state index is 0.0952. The molecular formula is C18H20N2O. The summed E-state index contributed by atoms with van der Waals surface area (Å²) in [5, 5.41) is 0. The Morgan fingerprint density at radius 3 is 2.71 bits per heavy atom. The molecule has 1 atom stereocenters. The van der Waals surface area contributed by atoms with Crippen LogP contribution >= 0.6 is 0 Å². The van der Waals surface area contributed by atoms with Crippen molar-refractivity contribution in [3.8, 4) is 0 Å². The molecule has 1 amide bonds. The second-order valence-corrected chi connectivity index (χ2v) is 5.72. The molecule has 3 nitrogen and oxygen atoms in total. The Morgan fingerprint density at radius 2 is 1.95 bits per heavy atom. The summed E-state index contributed by atoms with van der Waals surface area (Å²) in [5.41, 5.74) is 8.43. The number of hydrogen-bond acceptors (Lipinski definition) is 2. The molecule has 21 heavy (non-hydrogen) atoms. The second kappa shape index (κ2) is 6.00. The van der Waals surface area contributed by atoms with Crippen LogP contribution in [0.25, 0.3) is 0 Å². The number of amides is 1. The predicted molar refractivity (Wildman–Crippen MR) is 85.0 cm³/mol. The zero-order valence-corrected chi connectivity index (χ0v) is 12.0. The van der Waals surface area contributed by atoms with Crippen LogP contribution in [-0.4, -0.2) is 23.9 Å². The quantitative estimate of drug-likeness (QED) is 0.879. The maximum Gasteiger partial charge on any atom is 0.253 e. The van der Waals surface area contributed by atoms with Gasteiger partial charge in [0.25, 0.3) is 5.91 Å². The molecule has 0 saturated carbocycles. The van der Waals surface area contributed by atoms with Crippen molar-refractivity contribution in [3.63, 3.8) is 0 Å². The number of carbonyl (C=O) groups is 1. The summed E-state index contributed by atoms with van der Waals surface area (Å²) in [6.07, 6.45) is 2.12. The van der Waals surface area contributed by atoms with E-state index >= 15 is 0 Å². The van der Waals surface area contributed by atoms with Crippen LogP contribution in [0.15, 0.2) is 54.6 Å². The highest BCUT2D eigenvalue weighted by Crippen LogP contribution is 2.22. The lowest BCUT2D eigenvalue weighted by atomic mass is 9.99. The Morgan fingerprint density at radius 1 is 1.14 bits per heavy atom. The predicted octanol–water partition coefficient (Wildman–Crippen LogP) is 2.97. The lowest BCUT2D eigenvalue weighted by molar-refractivity contribution is 0.0787. The molecule has 1 fully saturated rings. The lowest BCUT2D eigenvalue weighted by Crippen LogP contribution is -2.29. The van der Waals surface area contributed by atoms with Crippen LogP contribution in [0.5, 0.6) is 0 Å². The molecule has 0 spiro atoms. The van der Waals surface area contributed by atoms with Gasteiger partial charge >= 0.3 is 0 Å². The largest absolute Gasteiger partial charge is 0.399 e. The summed E-state index contributed by atoms with van der Waals surface area (Å²) in [7, 11) is 0. The molecule has 2 aromatic rings. The fourth-order valence-electron chi connectivity index (χ4n) is 2.99. The average Bonchev–Trinajstić information content (AvgIpc) is 2.96. The first kappa shape index (κ1) is 13.7. The van der Waals surface area contributed by atoms with Gasteiger partial charge in [-0.2, -0.15) is 0 Å². The highest BCUT2D eigenvalue weighted by atomic mass is 16.2. The number of nitrogens with zero attached hydrogens (tertiary/aromatic N) is 1. The smallest absolute Gasteiger partial charge is 0.253 e. The average molecular weight is 280 g/mol. The Balaban J connectivity index is 1.63. The number of rotatable bonds is 3. The third-order valence-corrected chi connectivity index (χ3v) is 4.07. The molecular weight excluding hydrogens is 260 g/mol. The number of carbonyl (C=O) groups excluding carboxylic acids is 1. The highest BCUT2D eigenvalue weighted by Gasteiger charge is 2.26. The minimum absolute atomic E-state index is 0.0952. The van der Waals surface area contributed by atoms with Gasteiger partial charge in [-0.15, -0.1) is 0 Å². The van der Waals surface area contributed by atoms with Gasteiger partial charge in [-0.1, -0.05) is 36.4 Å². The molecule has 2 aromatic carbocycles. The Kier molecular flexibility index (Phi) is 3.91. The number of nitrogen functional groups attached to an aromatic ring is 1. The Hall–Kier alpha value is -2.29. The van der Waals surface area contributed by atoms with E-state index in [9.17, 15) is 4.79 Å². The molecule has 0 aromatic heterocycles. The van der Waals surface area contributed by atoms with E-state index in [2.05, 4.69) is 24.3 Å². The molecule has 1 saturated heterocycles. The van der Waals surface area contributed by atoms with Gasteiger partial charge in [0.1, 0.15) is 0 Å². The number of anilines is 1. The summed E-state index contributed by atoms with van der Waals surface area (Å²) < 4.78 is 0. The van der Waals surface area contributed by atoms with Crippen molar-refractivity contribution < 1.29 is 4.79 Å². The van der Waals surface area contributed by atoms with Gasteiger partial charge in [-0.25, -0.2) is 0 Å². The number of likely N-dealkylation sites (tertiary alicyclic amines) is 1. The van der Waals surface area contributed by atoms with Gasteiger partial charge in [0.2, 0.25) is 0 Å². The second-order valence-electron chi connectivity index (χ2n) is 5.72. The molecule has 0 aliphatic carbocycles. The van der Waals surface area contributed by atoms with Crippen LogP contribution in [0.4, 0.5) is 5.69 Å². The summed E-state index contributed by atoms with van der Waals surface area (Å²) in [6, 6.07) is 17.7. The monoisotopic (exact) mass is 280 g/mol. The Bertz CT molecular complexity index is 624. The molecule has 108 valence electrons. The van der Waals surface area contributed by atoms with Crippen LogP contribution in [0, 0.1) is 5.92 Å². The molecule has 1 heterocycles. The van der Waals surface area contributed by atoms with E-state index in [1.807, 2.05) is 23.1 Å². The van der Waals surface area contributed by atoms with Gasteiger partial charge in [0, 0.05) is 24.3 Å². The van der Waals surface area contributed by atoms with Crippen molar-refractivity contribution in [1.29, 1.82) is 0 Å². The maximum atomic E-state index is 12.5. The minimum Gasteiger partial charge on any atom is -0.399 e. The molecule has 0 bridgehead atoms. The van der Waals surface area contributed by atoms with E-state index in [1.165, 1.54) is 5.56 Å². The third-order valence-electron chi connectivity index (χ3n) is 4.07. The fourth-order valence-corrected chi connectivity index (χ4v) is 2.99. The molecule has 3 heteroatoms. The summed E-state index contributed by atoms with van der Waals surface area (Å²) >= 11 is 0.